The molecule has 0 aliphatic carbocycles. The van der Waals surface area contributed by atoms with E-state index >= 15 is 0 Å². The third-order valence-corrected chi connectivity index (χ3v) is 4.69. The molecule has 0 saturated heterocycles. The number of halogens is 1. The maximum atomic E-state index is 13.7. The third-order valence-electron chi connectivity index (χ3n) is 3.24. The first-order chi connectivity index (χ1) is 10.6. The van der Waals surface area contributed by atoms with Crippen molar-refractivity contribution >= 4 is 21.7 Å². The molecule has 1 rings (SSSR count). The Balaban J connectivity index is 3.22. The summed E-state index contributed by atoms with van der Waals surface area (Å²) >= 11 is 0. The van der Waals surface area contributed by atoms with Crippen LogP contribution in [0.1, 0.15) is 31.7 Å². The van der Waals surface area contributed by atoms with Crippen molar-refractivity contribution in [2.45, 2.75) is 44.0 Å². The maximum Gasteiger partial charge on any atom is 0.321 e. The predicted molar refractivity (Wildman–Crippen MR) is 79.1 cm³/mol. The average Bonchev–Trinajstić information content (AvgIpc) is 2.45. The first-order valence-electron chi connectivity index (χ1n) is 6.79. The summed E-state index contributed by atoms with van der Waals surface area (Å²) in [5.74, 6) is -2.43. The van der Waals surface area contributed by atoms with Crippen LogP contribution in [0.25, 0.3) is 0 Å². The molecule has 0 aromatic heterocycles. The number of aliphatic carboxylic acids is 1. The number of benzene rings is 1. The molecule has 0 unspecified atom stereocenters. The van der Waals surface area contributed by atoms with Crippen molar-refractivity contribution in [1.82, 2.24) is 4.72 Å². The number of nitro groups is 1. The molecule has 0 amide bonds. The first kappa shape index (κ1) is 19.0. The lowest BCUT2D eigenvalue weighted by molar-refractivity contribution is -0.385. The lowest BCUT2D eigenvalue weighted by atomic mass is 10.1. The van der Waals surface area contributed by atoms with Crippen LogP contribution < -0.4 is 4.72 Å². The minimum absolute atomic E-state index is 0.0570. The average molecular weight is 348 g/mol. The summed E-state index contributed by atoms with van der Waals surface area (Å²) in [7, 11) is -4.41. The van der Waals surface area contributed by atoms with Crippen molar-refractivity contribution in [3.05, 3.63) is 33.6 Å². The number of nitrogens with zero attached hydrogens (tertiary/aromatic N) is 1. The second kappa shape index (κ2) is 7.47. The molecular formula is C13H17FN2O6S. The summed E-state index contributed by atoms with van der Waals surface area (Å²) in [6.07, 6.45) is 1.19. The number of carboxylic acid groups (broad SMARTS) is 1. The number of carbonyl (C=O) groups is 1. The van der Waals surface area contributed by atoms with E-state index in [0.717, 1.165) is 6.92 Å². The molecule has 0 bridgehead atoms. The van der Waals surface area contributed by atoms with Crippen LogP contribution in [-0.2, 0) is 14.8 Å². The molecule has 2 N–H and O–H groups in total. The number of carboxylic acids is 1. The van der Waals surface area contributed by atoms with Crippen LogP contribution in [0.4, 0.5) is 10.1 Å². The van der Waals surface area contributed by atoms with Crippen LogP contribution >= 0.6 is 0 Å². The Morgan fingerprint density at radius 1 is 1.48 bits per heavy atom. The first-order valence-corrected chi connectivity index (χ1v) is 8.28. The van der Waals surface area contributed by atoms with Gasteiger partial charge in [-0.1, -0.05) is 19.8 Å². The van der Waals surface area contributed by atoms with Crippen molar-refractivity contribution in [1.29, 1.82) is 0 Å². The number of nitro benzene ring substituents is 1. The zero-order chi connectivity index (χ0) is 17.8. The van der Waals surface area contributed by atoms with Gasteiger partial charge >= 0.3 is 5.97 Å². The Morgan fingerprint density at radius 2 is 2.09 bits per heavy atom. The summed E-state index contributed by atoms with van der Waals surface area (Å²) in [4.78, 5) is 20.4. The lowest BCUT2D eigenvalue weighted by Gasteiger charge is -2.14. The monoisotopic (exact) mass is 348 g/mol. The molecule has 1 aromatic carbocycles. The number of hydrogen-bond acceptors (Lipinski definition) is 5. The highest BCUT2D eigenvalue weighted by atomic mass is 32.2. The molecule has 0 saturated carbocycles. The van der Waals surface area contributed by atoms with Crippen molar-refractivity contribution in [3.63, 3.8) is 0 Å². The van der Waals surface area contributed by atoms with E-state index < -0.39 is 43.4 Å². The van der Waals surface area contributed by atoms with Crippen molar-refractivity contribution < 1.29 is 27.6 Å². The second-order valence-corrected chi connectivity index (χ2v) is 6.67. The van der Waals surface area contributed by atoms with E-state index in [1.165, 1.54) is 0 Å². The molecule has 0 radical (unpaired) electrons. The molecule has 128 valence electrons. The molecule has 10 heteroatoms. The van der Waals surface area contributed by atoms with Gasteiger partial charge in [0, 0.05) is 6.07 Å². The Morgan fingerprint density at radius 3 is 2.57 bits per heavy atom. The van der Waals surface area contributed by atoms with Gasteiger partial charge in [-0.25, -0.2) is 12.8 Å². The fourth-order valence-corrected chi connectivity index (χ4v) is 3.14. The van der Waals surface area contributed by atoms with Crippen molar-refractivity contribution in [2.75, 3.05) is 0 Å². The van der Waals surface area contributed by atoms with Gasteiger partial charge in [0.05, 0.1) is 15.4 Å². The SMILES string of the molecule is CCCC[C@H](NS(=O)(=O)c1cc(F)c(C)c([N+](=O)[O-])c1)C(=O)O. The fourth-order valence-electron chi connectivity index (χ4n) is 1.88. The minimum atomic E-state index is -4.41. The molecule has 0 spiro atoms. The molecule has 23 heavy (non-hydrogen) atoms. The summed E-state index contributed by atoms with van der Waals surface area (Å²) in [6.45, 7) is 2.96. The Labute approximate surface area is 132 Å². The summed E-state index contributed by atoms with van der Waals surface area (Å²) in [5, 5.41) is 19.9. The molecule has 0 aliphatic rings. The molecule has 8 nitrogen and oxygen atoms in total. The second-order valence-electron chi connectivity index (χ2n) is 4.96. The van der Waals surface area contributed by atoms with E-state index in [1.807, 2.05) is 11.6 Å². The van der Waals surface area contributed by atoms with E-state index in [-0.39, 0.29) is 12.0 Å². The summed E-state index contributed by atoms with van der Waals surface area (Å²) < 4.78 is 40.0. The van der Waals surface area contributed by atoms with Gasteiger partial charge in [-0.3, -0.25) is 14.9 Å². The lowest BCUT2D eigenvalue weighted by Crippen LogP contribution is -2.40. The standard InChI is InChI=1S/C13H17FN2O6S/c1-3-4-5-11(13(17)18)15-23(21,22)9-6-10(14)8(2)12(7-9)16(19)20/h6-7,11,15H,3-5H2,1-2H3,(H,17,18)/t11-/m0/s1. The van der Waals surface area contributed by atoms with Gasteiger partial charge in [-0.05, 0) is 19.4 Å². The molecule has 0 heterocycles. The highest BCUT2D eigenvalue weighted by molar-refractivity contribution is 7.89. The smallest absolute Gasteiger partial charge is 0.321 e. The largest absolute Gasteiger partial charge is 0.480 e. The van der Waals surface area contributed by atoms with Crippen LogP contribution in [0.5, 0.6) is 0 Å². The minimum Gasteiger partial charge on any atom is -0.480 e. The van der Waals surface area contributed by atoms with Crippen molar-refractivity contribution in [2.24, 2.45) is 0 Å². The normalized spacial score (nSPS) is 12.8. The number of nitrogens with one attached hydrogen (secondary N) is 1. The molecule has 1 aromatic rings. The topological polar surface area (TPSA) is 127 Å². The number of hydrogen-bond donors (Lipinski definition) is 2. The fraction of sp³-hybridized carbons (Fsp3) is 0.462. The zero-order valence-corrected chi connectivity index (χ0v) is 13.4. The third kappa shape index (κ3) is 4.70. The van der Waals surface area contributed by atoms with Crippen LogP contribution in [0.2, 0.25) is 0 Å². The van der Waals surface area contributed by atoms with Gasteiger partial charge in [0.2, 0.25) is 10.0 Å². The van der Waals surface area contributed by atoms with Crippen LogP contribution in [0.15, 0.2) is 17.0 Å². The predicted octanol–water partition coefficient (Wildman–Crippen LogP) is 1.96. The van der Waals surface area contributed by atoms with Crippen LogP contribution in [0.3, 0.4) is 0 Å². The van der Waals surface area contributed by atoms with Gasteiger partial charge in [0.15, 0.2) is 0 Å². The molecule has 0 fully saturated rings. The zero-order valence-electron chi connectivity index (χ0n) is 12.6. The Bertz CT molecular complexity index is 719. The molecular weight excluding hydrogens is 331 g/mol. The van der Waals surface area contributed by atoms with E-state index in [9.17, 15) is 27.7 Å². The van der Waals surface area contributed by atoms with Crippen molar-refractivity contribution in [3.8, 4) is 0 Å². The number of unbranched alkanes of at least 4 members (excludes halogenated alkanes) is 1. The van der Waals surface area contributed by atoms with Gasteiger partial charge in [-0.2, -0.15) is 4.72 Å². The molecule has 0 aliphatic heterocycles. The van der Waals surface area contributed by atoms with E-state index in [0.29, 0.717) is 25.0 Å². The van der Waals surface area contributed by atoms with E-state index in [2.05, 4.69) is 0 Å². The van der Waals surface area contributed by atoms with Crippen LogP contribution in [0, 0.1) is 22.9 Å². The van der Waals surface area contributed by atoms with E-state index in [1.54, 1.807) is 0 Å². The number of rotatable bonds is 8. The maximum absolute atomic E-state index is 13.7. The van der Waals surface area contributed by atoms with Gasteiger partial charge in [-0.15, -0.1) is 0 Å². The van der Waals surface area contributed by atoms with E-state index in [4.69, 9.17) is 5.11 Å². The highest BCUT2D eigenvalue weighted by Crippen LogP contribution is 2.25. The quantitative estimate of drug-likeness (QED) is 0.546. The number of sulfonamides is 1. The summed E-state index contributed by atoms with van der Waals surface area (Å²) in [6, 6.07) is -0.0496. The molecule has 1 atom stereocenters. The van der Waals surface area contributed by atoms with Gasteiger partial charge in [0.1, 0.15) is 11.9 Å². The highest BCUT2D eigenvalue weighted by Gasteiger charge is 2.28. The summed E-state index contributed by atoms with van der Waals surface area (Å²) in [5.41, 5.74) is -0.986. The Hall–Kier alpha value is -2.07. The van der Waals surface area contributed by atoms with Gasteiger partial charge < -0.3 is 5.11 Å². The van der Waals surface area contributed by atoms with Crippen LogP contribution in [-0.4, -0.2) is 30.5 Å². The van der Waals surface area contributed by atoms with Gasteiger partial charge in [0.25, 0.3) is 5.69 Å². The Kier molecular flexibility index (Phi) is 6.16.